The van der Waals surface area contributed by atoms with Gasteiger partial charge >= 0.3 is 0 Å². The van der Waals surface area contributed by atoms with E-state index in [-0.39, 0.29) is 0 Å². The van der Waals surface area contributed by atoms with Gasteiger partial charge in [-0.25, -0.2) is 0 Å². The van der Waals surface area contributed by atoms with Gasteiger partial charge in [-0.1, -0.05) is 12.1 Å². The molecule has 0 saturated carbocycles. The van der Waals surface area contributed by atoms with Crippen molar-refractivity contribution in [1.29, 1.82) is 0 Å². The summed E-state index contributed by atoms with van der Waals surface area (Å²) < 4.78 is 5.25. The van der Waals surface area contributed by atoms with Crippen LogP contribution in [0.5, 0.6) is 0 Å². The molecule has 1 aromatic heterocycles. The van der Waals surface area contributed by atoms with Gasteiger partial charge in [-0.3, -0.25) is 0 Å². The third kappa shape index (κ3) is 3.56. The summed E-state index contributed by atoms with van der Waals surface area (Å²) in [6.07, 6.45) is 1.74. The van der Waals surface area contributed by atoms with Crippen LogP contribution in [0.2, 0.25) is 0 Å². The summed E-state index contributed by atoms with van der Waals surface area (Å²) in [5.74, 6) is 2.04. The van der Waals surface area contributed by atoms with Gasteiger partial charge in [0.2, 0.25) is 0 Å². The standard InChI is InChI=1S/C14H17NOS/c1-11-4-3-5-13(10-11)15-7-9-17-14-6-8-16-12(14)2/h3-6,8,10,15H,7,9H2,1-2H3. The lowest BCUT2D eigenvalue weighted by molar-refractivity contribution is 0.527. The van der Waals surface area contributed by atoms with E-state index in [4.69, 9.17) is 4.42 Å². The second-order valence-electron chi connectivity index (χ2n) is 3.99. The van der Waals surface area contributed by atoms with Gasteiger partial charge in [0.1, 0.15) is 5.76 Å². The Morgan fingerprint density at radius 3 is 2.82 bits per heavy atom. The van der Waals surface area contributed by atoms with Gasteiger partial charge in [-0.15, -0.1) is 11.8 Å². The van der Waals surface area contributed by atoms with E-state index in [1.807, 2.05) is 24.8 Å². The molecule has 17 heavy (non-hydrogen) atoms. The average molecular weight is 247 g/mol. The van der Waals surface area contributed by atoms with Crippen molar-refractivity contribution >= 4 is 17.4 Å². The van der Waals surface area contributed by atoms with Gasteiger partial charge in [0.05, 0.1) is 6.26 Å². The maximum Gasteiger partial charge on any atom is 0.114 e. The largest absolute Gasteiger partial charge is 0.468 e. The zero-order chi connectivity index (χ0) is 12.1. The number of rotatable bonds is 5. The van der Waals surface area contributed by atoms with E-state index in [0.717, 1.165) is 18.1 Å². The van der Waals surface area contributed by atoms with Crippen LogP contribution in [-0.2, 0) is 0 Å². The number of anilines is 1. The minimum absolute atomic E-state index is 0.957. The lowest BCUT2D eigenvalue weighted by atomic mass is 10.2. The fourth-order valence-corrected chi connectivity index (χ4v) is 2.46. The van der Waals surface area contributed by atoms with Crippen LogP contribution in [0.15, 0.2) is 45.9 Å². The van der Waals surface area contributed by atoms with Crippen molar-refractivity contribution in [2.75, 3.05) is 17.6 Å². The number of hydrogen-bond acceptors (Lipinski definition) is 3. The molecule has 1 aromatic carbocycles. The van der Waals surface area contributed by atoms with Crippen molar-refractivity contribution in [3.8, 4) is 0 Å². The summed E-state index contributed by atoms with van der Waals surface area (Å²) in [6, 6.07) is 10.5. The van der Waals surface area contributed by atoms with E-state index < -0.39 is 0 Å². The minimum Gasteiger partial charge on any atom is -0.468 e. The van der Waals surface area contributed by atoms with Crippen LogP contribution in [0.25, 0.3) is 0 Å². The molecule has 0 aliphatic carbocycles. The summed E-state index contributed by atoms with van der Waals surface area (Å²) in [5.41, 5.74) is 2.47. The normalized spacial score (nSPS) is 10.5. The molecule has 0 atom stereocenters. The Kier molecular flexibility index (Phi) is 4.15. The molecule has 2 rings (SSSR count). The molecule has 0 aliphatic rings. The molecule has 0 spiro atoms. The zero-order valence-corrected chi connectivity index (χ0v) is 11.0. The van der Waals surface area contributed by atoms with Crippen molar-refractivity contribution in [3.63, 3.8) is 0 Å². The molecule has 90 valence electrons. The van der Waals surface area contributed by atoms with Gasteiger partial charge in [0.25, 0.3) is 0 Å². The molecular weight excluding hydrogens is 230 g/mol. The summed E-state index contributed by atoms with van der Waals surface area (Å²) in [5, 5.41) is 3.42. The molecule has 1 N–H and O–H groups in total. The van der Waals surface area contributed by atoms with Crippen LogP contribution >= 0.6 is 11.8 Å². The summed E-state index contributed by atoms with van der Waals surface area (Å²) in [6.45, 7) is 5.06. The van der Waals surface area contributed by atoms with Crippen molar-refractivity contribution in [1.82, 2.24) is 0 Å². The first-order valence-corrected chi connectivity index (χ1v) is 6.72. The maximum absolute atomic E-state index is 5.25. The predicted molar refractivity (Wildman–Crippen MR) is 73.8 cm³/mol. The van der Waals surface area contributed by atoms with Crippen molar-refractivity contribution in [2.45, 2.75) is 18.7 Å². The van der Waals surface area contributed by atoms with Crippen molar-refractivity contribution in [3.05, 3.63) is 47.9 Å². The van der Waals surface area contributed by atoms with Gasteiger partial charge in [0.15, 0.2) is 0 Å². The number of hydrogen-bond donors (Lipinski definition) is 1. The van der Waals surface area contributed by atoms with Gasteiger partial charge in [-0.2, -0.15) is 0 Å². The maximum atomic E-state index is 5.25. The third-order valence-electron chi connectivity index (χ3n) is 2.52. The Labute approximate surface area is 106 Å². The third-order valence-corrected chi connectivity index (χ3v) is 3.66. The number of furan rings is 1. The fourth-order valence-electron chi connectivity index (χ4n) is 1.63. The second kappa shape index (κ2) is 5.82. The summed E-state index contributed by atoms with van der Waals surface area (Å²) in [7, 11) is 0. The fraction of sp³-hybridized carbons (Fsp3) is 0.286. The zero-order valence-electron chi connectivity index (χ0n) is 10.2. The van der Waals surface area contributed by atoms with E-state index in [2.05, 4.69) is 36.5 Å². The van der Waals surface area contributed by atoms with E-state index in [1.54, 1.807) is 6.26 Å². The van der Waals surface area contributed by atoms with Crippen LogP contribution < -0.4 is 5.32 Å². The SMILES string of the molecule is Cc1cccc(NCCSc2ccoc2C)c1. The highest BCUT2D eigenvalue weighted by atomic mass is 32.2. The summed E-state index contributed by atoms with van der Waals surface area (Å²) in [4.78, 5) is 1.23. The number of nitrogens with one attached hydrogen (secondary N) is 1. The number of benzene rings is 1. The highest BCUT2D eigenvalue weighted by Crippen LogP contribution is 2.22. The Morgan fingerprint density at radius 2 is 2.12 bits per heavy atom. The van der Waals surface area contributed by atoms with E-state index in [1.165, 1.54) is 16.1 Å². The molecule has 0 amide bonds. The Balaban J connectivity index is 1.75. The molecule has 0 fully saturated rings. The van der Waals surface area contributed by atoms with E-state index >= 15 is 0 Å². The van der Waals surface area contributed by atoms with Crippen molar-refractivity contribution in [2.24, 2.45) is 0 Å². The number of thioether (sulfide) groups is 1. The van der Waals surface area contributed by atoms with E-state index in [9.17, 15) is 0 Å². The quantitative estimate of drug-likeness (QED) is 0.636. The smallest absolute Gasteiger partial charge is 0.114 e. The molecule has 2 nitrogen and oxygen atoms in total. The van der Waals surface area contributed by atoms with Crippen LogP contribution in [0.3, 0.4) is 0 Å². The predicted octanol–water partition coefficient (Wildman–Crippen LogP) is 4.10. The molecule has 0 radical (unpaired) electrons. The van der Waals surface area contributed by atoms with Crippen LogP contribution in [0, 0.1) is 13.8 Å². The highest BCUT2D eigenvalue weighted by molar-refractivity contribution is 7.99. The molecule has 0 unspecified atom stereocenters. The molecule has 0 saturated heterocycles. The lowest BCUT2D eigenvalue weighted by Crippen LogP contribution is -2.03. The average Bonchev–Trinajstić information content (AvgIpc) is 2.71. The molecule has 2 aromatic rings. The van der Waals surface area contributed by atoms with Gasteiger partial charge < -0.3 is 9.73 Å². The second-order valence-corrected chi connectivity index (χ2v) is 5.12. The number of aryl methyl sites for hydroxylation is 2. The monoisotopic (exact) mass is 247 g/mol. The van der Waals surface area contributed by atoms with Crippen LogP contribution in [-0.4, -0.2) is 12.3 Å². The molecule has 1 heterocycles. The van der Waals surface area contributed by atoms with E-state index in [0.29, 0.717) is 0 Å². The Hall–Kier alpha value is -1.35. The Bertz CT molecular complexity index is 479. The molecule has 3 heteroatoms. The van der Waals surface area contributed by atoms with Gasteiger partial charge in [-0.05, 0) is 37.6 Å². The van der Waals surface area contributed by atoms with Crippen LogP contribution in [0.4, 0.5) is 5.69 Å². The van der Waals surface area contributed by atoms with Gasteiger partial charge in [0, 0.05) is 22.9 Å². The lowest BCUT2D eigenvalue weighted by Gasteiger charge is -2.06. The topological polar surface area (TPSA) is 25.2 Å². The first-order valence-electron chi connectivity index (χ1n) is 5.73. The summed E-state index contributed by atoms with van der Waals surface area (Å²) >= 11 is 1.82. The molecule has 0 aliphatic heterocycles. The molecule has 0 bridgehead atoms. The highest BCUT2D eigenvalue weighted by Gasteiger charge is 2.00. The first kappa shape index (κ1) is 12.1. The first-order chi connectivity index (χ1) is 8.25. The van der Waals surface area contributed by atoms with Crippen LogP contribution in [0.1, 0.15) is 11.3 Å². The Morgan fingerprint density at radius 1 is 1.24 bits per heavy atom. The molecular formula is C14H17NOS. The van der Waals surface area contributed by atoms with Crippen molar-refractivity contribution < 1.29 is 4.42 Å². The minimum atomic E-state index is 0.957.